The molecule has 2 aliphatic heterocycles. The van der Waals surface area contributed by atoms with Crippen molar-refractivity contribution in [1.29, 1.82) is 5.26 Å². The fraction of sp³-hybridized carbons (Fsp3) is 0.545. The molecule has 2 saturated heterocycles. The summed E-state index contributed by atoms with van der Waals surface area (Å²) in [6.07, 6.45) is 6.82. The van der Waals surface area contributed by atoms with Gasteiger partial charge in [-0.25, -0.2) is 13.8 Å². The van der Waals surface area contributed by atoms with Gasteiger partial charge < -0.3 is 10.2 Å². The number of rotatable bonds is 5. The third-order valence-corrected chi connectivity index (χ3v) is 7.00. The Morgan fingerprint density at radius 1 is 1.26 bits per heavy atom. The van der Waals surface area contributed by atoms with Gasteiger partial charge in [0.25, 0.3) is 5.92 Å². The van der Waals surface area contributed by atoms with E-state index in [0.29, 0.717) is 38.4 Å². The molecule has 5 rings (SSSR count). The number of nitriles is 1. The van der Waals surface area contributed by atoms with E-state index in [4.69, 9.17) is 0 Å². The third kappa shape index (κ3) is 3.39. The van der Waals surface area contributed by atoms with Crippen LogP contribution in [-0.2, 0) is 0 Å². The average molecular weight is 425 g/mol. The van der Waals surface area contributed by atoms with Gasteiger partial charge in [0.15, 0.2) is 0 Å². The lowest BCUT2D eigenvalue weighted by Crippen LogP contribution is -2.72. The number of piperidine rings is 1. The number of halogens is 2. The summed E-state index contributed by atoms with van der Waals surface area (Å²) in [6.45, 7) is 4.31. The number of hydrogen-bond donors (Lipinski definition) is 1. The lowest BCUT2D eigenvalue weighted by Gasteiger charge is -2.57. The van der Waals surface area contributed by atoms with Crippen molar-refractivity contribution >= 4 is 17.5 Å². The highest BCUT2D eigenvalue weighted by molar-refractivity contribution is 5.57. The van der Waals surface area contributed by atoms with Gasteiger partial charge in [0.05, 0.1) is 35.3 Å². The molecule has 2 aromatic heterocycles. The minimum Gasteiger partial charge on any atom is -0.352 e. The van der Waals surface area contributed by atoms with Gasteiger partial charge in [0.1, 0.15) is 5.82 Å². The SMILES string of the molecule is Cc1cnc(Nc2cccnc2)nc1N1CC(CC#N)(N2CCCC3(C2)CC3(F)F)C1. The molecule has 1 spiro atoms. The van der Waals surface area contributed by atoms with Crippen molar-refractivity contribution in [2.75, 3.05) is 36.4 Å². The Bertz CT molecular complexity index is 1020. The molecule has 2 aromatic rings. The van der Waals surface area contributed by atoms with E-state index >= 15 is 0 Å². The zero-order chi connectivity index (χ0) is 21.7. The quantitative estimate of drug-likeness (QED) is 0.785. The van der Waals surface area contributed by atoms with E-state index < -0.39 is 16.9 Å². The normalized spacial score (nSPS) is 26.2. The molecular formula is C22H25F2N7. The van der Waals surface area contributed by atoms with Crippen LogP contribution in [0, 0.1) is 23.7 Å². The molecule has 0 aromatic carbocycles. The predicted octanol–water partition coefficient (Wildman–Crippen LogP) is 3.52. The maximum Gasteiger partial charge on any atom is 0.255 e. The standard InChI is InChI=1S/C22H25F2N7/c1-16-10-27-19(28-17-4-2-8-26-11-17)29-18(16)30-14-21(15-30,6-7-25)31-9-3-5-20(13-31)12-22(20,23)24/h2,4,8,10-11H,3,5-6,9,12-15H2,1H3,(H,27,28,29). The first-order chi connectivity index (χ1) is 14.9. The lowest BCUT2D eigenvalue weighted by atomic mass is 9.80. The third-order valence-electron chi connectivity index (χ3n) is 7.00. The molecule has 1 N–H and O–H groups in total. The fourth-order valence-corrected chi connectivity index (χ4v) is 5.12. The van der Waals surface area contributed by atoms with Crippen LogP contribution in [0.3, 0.4) is 0 Å². The monoisotopic (exact) mass is 425 g/mol. The predicted molar refractivity (Wildman–Crippen MR) is 112 cm³/mol. The largest absolute Gasteiger partial charge is 0.352 e. The zero-order valence-corrected chi connectivity index (χ0v) is 17.5. The molecule has 1 aliphatic carbocycles. The molecule has 0 radical (unpaired) electrons. The highest BCUT2D eigenvalue weighted by Gasteiger charge is 2.72. The zero-order valence-electron chi connectivity index (χ0n) is 17.5. The summed E-state index contributed by atoms with van der Waals surface area (Å²) >= 11 is 0. The maximum absolute atomic E-state index is 14.0. The molecule has 9 heteroatoms. The molecule has 1 atom stereocenters. The van der Waals surface area contributed by atoms with E-state index in [9.17, 15) is 14.0 Å². The van der Waals surface area contributed by atoms with Crippen LogP contribution in [0.4, 0.5) is 26.2 Å². The Labute approximate surface area is 180 Å². The first-order valence-corrected chi connectivity index (χ1v) is 10.6. The van der Waals surface area contributed by atoms with Crippen molar-refractivity contribution in [2.24, 2.45) is 5.41 Å². The van der Waals surface area contributed by atoms with Crippen molar-refractivity contribution in [3.05, 3.63) is 36.3 Å². The van der Waals surface area contributed by atoms with Crippen LogP contribution in [0.2, 0.25) is 0 Å². The molecule has 0 bridgehead atoms. The minimum atomic E-state index is -2.56. The second-order valence-electron chi connectivity index (χ2n) is 9.17. The summed E-state index contributed by atoms with van der Waals surface area (Å²) in [5.41, 5.74) is 0.462. The number of aryl methyl sites for hydroxylation is 1. The second-order valence-corrected chi connectivity index (χ2v) is 9.17. The number of likely N-dealkylation sites (tertiary alicyclic amines) is 1. The summed E-state index contributed by atoms with van der Waals surface area (Å²) < 4.78 is 28.1. The summed E-state index contributed by atoms with van der Waals surface area (Å²) in [6, 6.07) is 6.02. The molecule has 1 unspecified atom stereocenters. The number of alkyl halides is 2. The molecule has 1 saturated carbocycles. The van der Waals surface area contributed by atoms with E-state index in [2.05, 4.69) is 36.1 Å². The summed E-state index contributed by atoms with van der Waals surface area (Å²) in [4.78, 5) is 17.4. The molecule has 31 heavy (non-hydrogen) atoms. The number of aromatic nitrogens is 3. The van der Waals surface area contributed by atoms with Crippen molar-refractivity contribution < 1.29 is 8.78 Å². The van der Waals surface area contributed by atoms with Gasteiger partial charge in [-0.05, 0) is 38.4 Å². The van der Waals surface area contributed by atoms with E-state index in [1.807, 2.05) is 19.1 Å². The van der Waals surface area contributed by atoms with E-state index in [0.717, 1.165) is 30.0 Å². The molecule has 162 valence electrons. The van der Waals surface area contributed by atoms with Crippen LogP contribution in [0.25, 0.3) is 0 Å². The van der Waals surface area contributed by atoms with Gasteiger partial charge in [-0.1, -0.05) is 0 Å². The second kappa shape index (κ2) is 7.09. The first-order valence-electron chi connectivity index (χ1n) is 10.6. The van der Waals surface area contributed by atoms with Crippen molar-refractivity contribution in [3.8, 4) is 6.07 Å². The number of pyridine rings is 1. The van der Waals surface area contributed by atoms with Gasteiger partial charge in [0.2, 0.25) is 5.95 Å². The summed E-state index contributed by atoms with van der Waals surface area (Å²) in [5.74, 6) is -1.28. The summed E-state index contributed by atoms with van der Waals surface area (Å²) in [7, 11) is 0. The van der Waals surface area contributed by atoms with Gasteiger partial charge >= 0.3 is 0 Å². The highest BCUT2D eigenvalue weighted by atomic mass is 19.3. The topological polar surface area (TPSA) is 81.0 Å². The lowest BCUT2D eigenvalue weighted by molar-refractivity contribution is -0.0259. The average Bonchev–Trinajstić information content (AvgIpc) is 3.25. The smallest absolute Gasteiger partial charge is 0.255 e. The Kier molecular flexibility index (Phi) is 4.59. The van der Waals surface area contributed by atoms with Crippen LogP contribution in [0.15, 0.2) is 30.7 Å². The van der Waals surface area contributed by atoms with E-state index in [1.165, 1.54) is 0 Å². The Hall–Kier alpha value is -2.86. The van der Waals surface area contributed by atoms with Crippen LogP contribution < -0.4 is 10.2 Å². The molecule has 3 fully saturated rings. The fourth-order valence-electron chi connectivity index (χ4n) is 5.12. The first kappa shape index (κ1) is 20.1. The summed E-state index contributed by atoms with van der Waals surface area (Å²) in [5, 5.41) is 12.6. The van der Waals surface area contributed by atoms with E-state index in [1.54, 1.807) is 18.6 Å². The van der Waals surface area contributed by atoms with Gasteiger partial charge in [0, 0.05) is 44.0 Å². The maximum atomic E-state index is 14.0. The van der Waals surface area contributed by atoms with Crippen molar-refractivity contribution in [2.45, 2.75) is 44.1 Å². The molecule has 4 heterocycles. The number of anilines is 3. The van der Waals surface area contributed by atoms with Crippen LogP contribution >= 0.6 is 0 Å². The van der Waals surface area contributed by atoms with Gasteiger partial charge in [-0.3, -0.25) is 9.88 Å². The minimum absolute atomic E-state index is 0.0166. The number of nitrogens with one attached hydrogen (secondary N) is 1. The molecule has 3 aliphatic rings. The highest BCUT2D eigenvalue weighted by Crippen LogP contribution is 2.65. The Balaban J connectivity index is 1.33. The Morgan fingerprint density at radius 3 is 2.74 bits per heavy atom. The van der Waals surface area contributed by atoms with Crippen molar-refractivity contribution in [3.63, 3.8) is 0 Å². The van der Waals surface area contributed by atoms with Gasteiger partial charge in [-0.2, -0.15) is 10.2 Å². The van der Waals surface area contributed by atoms with Crippen LogP contribution in [0.5, 0.6) is 0 Å². The van der Waals surface area contributed by atoms with Crippen LogP contribution in [0.1, 0.15) is 31.2 Å². The van der Waals surface area contributed by atoms with Crippen LogP contribution in [-0.4, -0.2) is 57.5 Å². The van der Waals surface area contributed by atoms with Gasteiger partial charge in [-0.15, -0.1) is 0 Å². The van der Waals surface area contributed by atoms with Crippen molar-refractivity contribution in [1.82, 2.24) is 19.9 Å². The molecular weight excluding hydrogens is 400 g/mol. The molecule has 7 nitrogen and oxygen atoms in total. The molecule has 0 amide bonds. The Morgan fingerprint density at radius 2 is 2.06 bits per heavy atom. The number of nitrogens with zero attached hydrogens (tertiary/aromatic N) is 6. The van der Waals surface area contributed by atoms with E-state index in [-0.39, 0.29) is 6.42 Å². The number of hydrogen-bond acceptors (Lipinski definition) is 7.